The lowest BCUT2D eigenvalue weighted by Gasteiger charge is -2.39. The van der Waals surface area contributed by atoms with Gasteiger partial charge in [0.1, 0.15) is 35.8 Å². The number of ether oxygens (including phenoxy) is 1. The molecule has 1 aromatic heterocycles. The van der Waals surface area contributed by atoms with Crippen LogP contribution >= 0.6 is 0 Å². The number of hydrogen-bond donors (Lipinski definition) is 3. The molecule has 6 nitrogen and oxygen atoms in total. The third-order valence-electron chi connectivity index (χ3n) is 5.01. The molecule has 5 atom stereocenters. The van der Waals surface area contributed by atoms with Gasteiger partial charge in [-0.05, 0) is 19.1 Å². The number of aliphatic hydroxyl groups excluding tert-OH is 3. The fraction of sp³-hybridized carbons (Fsp3) is 0.286. The highest BCUT2D eigenvalue weighted by Crippen LogP contribution is 2.37. The molecule has 0 aliphatic carbocycles. The average molecular weight is 368 g/mol. The Morgan fingerprint density at radius 1 is 0.852 bits per heavy atom. The molecule has 2 aromatic carbocycles. The summed E-state index contributed by atoms with van der Waals surface area (Å²) < 4.78 is 11.8. The van der Waals surface area contributed by atoms with E-state index in [1.165, 1.54) is 0 Å². The van der Waals surface area contributed by atoms with Crippen LogP contribution in [0.2, 0.25) is 0 Å². The molecule has 0 spiro atoms. The first kappa shape index (κ1) is 17.9. The Kier molecular flexibility index (Phi) is 4.57. The summed E-state index contributed by atoms with van der Waals surface area (Å²) in [6.07, 6.45) is -6.04. The molecule has 6 heteroatoms. The number of rotatable bonds is 2. The van der Waals surface area contributed by atoms with Crippen molar-refractivity contribution in [1.82, 2.24) is 0 Å². The monoisotopic (exact) mass is 368 g/mol. The number of para-hydroxylation sites is 1. The van der Waals surface area contributed by atoms with Crippen molar-refractivity contribution in [2.24, 2.45) is 0 Å². The van der Waals surface area contributed by atoms with E-state index in [0.29, 0.717) is 16.5 Å². The first-order valence-electron chi connectivity index (χ1n) is 8.80. The van der Waals surface area contributed by atoms with Crippen LogP contribution in [-0.4, -0.2) is 39.7 Å². The lowest BCUT2D eigenvalue weighted by atomic mass is 9.89. The summed E-state index contributed by atoms with van der Waals surface area (Å²) in [6, 6.07) is 15.9. The van der Waals surface area contributed by atoms with Crippen LogP contribution in [0.1, 0.15) is 18.6 Å². The highest BCUT2D eigenvalue weighted by Gasteiger charge is 2.44. The largest absolute Gasteiger partial charge is 0.455 e. The Hall–Kier alpha value is -2.51. The molecule has 2 heterocycles. The predicted octanol–water partition coefficient (Wildman–Crippen LogP) is 2.00. The Balaban J connectivity index is 1.98. The lowest BCUT2D eigenvalue weighted by molar-refractivity contribution is -0.219. The van der Waals surface area contributed by atoms with E-state index >= 15 is 0 Å². The van der Waals surface area contributed by atoms with E-state index in [9.17, 15) is 20.1 Å². The number of fused-ring (bicyclic) bond motifs is 1. The SMILES string of the molecule is C[C@@H]1OC(c2c(-c3ccccc3)oc3ccccc3c2=O)[C@H](O)[C@H](O)[C@H]1O. The second-order valence-corrected chi connectivity index (χ2v) is 6.77. The van der Waals surface area contributed by atoms with E-state index in [-0.39, 0.29) is 16.8 Å². The van der Waals surface area contributed by atoms with Crippen molar-refractivity contribution in [1.29, 1.82) is 0 Å². The van der Waals surface area contributed by atoms with E-state index in [2.05, 4.69) is 0 Å². The predicted molar refractivity (Wildman–Crippen MR) is 99.2 cm³/mol. The van der Waals surface area contributed by atoms with Gasteiger partial charge in [0.25, 0.3) is 0 Å². The van der Waals surface area contributed by atoms with Gasteiger partial charge in [0.05, 0.1) is 17.1 Å². The summed E-state index contributed by atoms with van der Waals surface area (Å²) in [5.41, 5.74) is 0.865. The van der Waals surface area contributed by atoms with Gasteiger partial charge in [-0.1, -0.05) is 42.5 Å². The minimum atomic E-state index is -1.47. The van der Waals surface area contributed by atoms with Crippen molar-refractivity contribution in [2.45, 2.75) is 37.4 Å². The van der Waals surface area contributed by atoms with Crippen LogP contribution in [0.3, 0.4) is 0 Å². The molecular weight excluding hydrogens is 348 g/mol. The van der Waals surface area contributed by atoms with Crippen LogP contribution in [0.15, 0.2) is 63.8 Å². The molecule has 1 aliphatic heterocycles. The van der Waals surface area contributed by atoms with Gasteiger partial charge in [0.15, 0.2) is 5.43 Å². The molecule has 1 fully saturated rings. The molecule has 3 N–H and O–H groups in total. The minimum absolute atomic E-state index is 0.130. The molecule has 1 aliphatic rings. The maximum atomic E-state index is 13.3. The Morgan fingerprint density at radius 2 is 1.52 bits per heavy atom. The molecule has 0 radical (unpaired) electrons. The van der Waals surface area contributed by atoms with Crippen LogP contribution in [0, 0.1) is 0 Å². The lowest BCUT2D eigenvalue weighted by Crippen LogP contribution is -2.53. The van der Waals surface area contributed by atoms with Gasteiger partial charge in [-0.25, -0.2) is 0 Å². The normalized spacial score (nSPS) is 28.4. The maximum absolute atomic E-state index is 13.3. The fourth-order valence-electron chi connectivity index (χ4n) is 3.51. The zero-order valence-corrected chi connectivity index (χ0v) is 14.6. The summed E-state index contributed by atoms with van der Waals surface area (Å²) in [5.74, 6) is 0.277. The van der Waals surface area contributed by atoms with Crippen LogP contribution in [-0.2, 0) is 4.74 Å². The molecule has 27 heavy (non-hydrogen) atoms. The molecule has 140 valence electrons. The third kappa shape index (κ3) is 2.96. The molecule has 1 unspecified atom stereocenters. The third-order valence-corrected chi connectivity index (χ3v) is 5.01. The van der Waals surface area contributed by atoms with E-state index in [4.69, 9.17) is 9.15 Å². The Morgan fingerprint density at radius 3 is 2.26 bits per heavy atom. The summed E-state index contributed by atoms with van der Waals surface area (Å²) in [4.78, 5) is 13.3. The van der Waals surface area contributed by atoms with E-state index in [1.54, 1.807) is 43.3 Å². The highest BCUT2D eigenvalue weighted by molar-refractivity contribution is 5.80. The standard InChI is InChI=1S/C21H20O6/c1-11-16(22)18(24)19(25)21(26-11)15-17(23)13-9-5-6-10-14(13)27-20(15)12-7-3-2-4-8-12/h2-11,16,18-19,21-22,24-25H,1H3/t11-,16-,18+,19+,21?/m0/s1. The van der Waals surface area contributed by atoms with Crippen LogP contribution in [0.5, 0.6) is 0 Å². The second kappa shape index (κ2) is 6.90. The second-order valence-electron chi connectivity index (χ2n) is 6.77. The van der Waals surface area contributed by atoms with E-state index in [0.717, 1.165) is 0 Å². The van der Waals surface area contributed by atoms with Crippen LogP contribution < -0.4 is 5.43 Å². The first-order valence-corrected chi connectivity index (χ1v) is 8.80. The smallest absolute Gasteiger partial charge is 0.199 e. The number of hydrogen-bond acceptors (Lipinski definition) is 6. The van der Waals surface area contributed by atoms with Gasteiger partial charge in [0.2, 0.25) is 0 Å². The first-order chi connectivity index (χ1) is 13.0. The van der Waals surface area contributed by atoms with Gasteiger partial charge in [0, 0.05) is 5.56 Å². The Labute approximate surface area is 155 Å². The summed E-state index contributed by atoms with van der Waals surface area (Å²) in [7, 11) is 0. The van der Waals surface area contributed by atoms with Crippen molar-refractivity contribution in [3.05, 3.63) is 70.4 Å². The van der Waals surface area contributed by atoms with Crippen molar-refractivity contribution in [3.63, 3.8) is 0 Å². The molecule has 3 aromatic rings. The van der Waals surface area contributed by atoms with Crippen molar-refractivity contribution >= 4 is 11.0 Å². The average Bonchev–Trinajstić information content (AvgIpc) is 2.70. The summed E-state index contributed by atoms with van der Waals surface area (Å²) in [6.45, 7) is 1.58. The maximum Gasteiger partial charge on any atom is 0.199 e. The molecular formula is C21H20O6. The van der Waals surface area contributed by atoms with Crippen LogP contribution in [0.4, 0.5) is 0 Å². The van der Waals surface area contributed by atoms with Gasteiger partial charge in [-0.15, -0.1) is 0 Å². The van der Waals surface area contributed by atoms with E-state index < -0.39 is 30.5 Å². The molecule has 0 bridgehead atoms. The van der Waals surface area contributed by atoms with Gasteiger partial charge < -0.3 is 24.5 Å². The van der Waals surface area contributed by atoms with Crippen molar-refractivity contribution in [3.8, 4) is 11.3 Å². The van der Waals surface area contributed by atoms with Crippen LogP contribution in [0.25, 0.3) is 22.3 Å². The molecule has 1 saturated heterocycles. The van der Waals surface area contributed by atoms with Gasteiger partial charge >= 0.3 is 0 Å². The van der Waals surface area contributed by atoms with Crippen molar-refractivity contribution in [2.75, 3.05) is 0 Å². The zero-order valence-electron chi connectivity index (χ0n) is 14.6. The molecule has 4 rings (SSSR count). The van der Waals surface area contributed by atoms with Gasteiger partial charge in [-0.2, -0.15) is 0 Å². The number of benzene rings is 2. The summed E-state index contributed by atoms with van der Waals surface area (Å²) in [5, 5.41) is 31.1. The zero-order chi connectivity index (χ0) is 19.1. The quantitative estimate of drug-likeness (QED) is 0.640. The fourth-order valence-corrected chi connectivity index (χ4v) is 3.51. The summed E-state index contributed by atoms with van der Waals surface area (Å²) >= 11 is 0. The molecule has 0 amide bonds. The highest BCUT2D eigenvalue weighted by atomic mass is 16.5. The van der Waals surface area contributed by atoms with Crippen molar-refractivity contribution < 1.29 is 24.5 Å². The van der Waals surface area contributed by atoms with Gasteiger partial charge in [-0.3, -0.25) is 4.79 Å². The minimum Gasteiger partial charge on any atom is -0.455 e. The topological polar surface area (TPSA) is 100 Å². The number of aliphatic hydroxyl groups is 3. The molecule has 0 saturated carbocycles. The Bertz CT molecular complexity index is 1010. The van der Waals surface area contributed by atoms with E-state index in [1.807, 2.05) is 18.2 Å².